The van der Waals surface area contributed by atoms with E-state index < -0.39 is 12.0 Å². The molecule has 0 bridgehead atoms. The summed E-state index contributed by atoms with van der Waals surface area (Å²) >= 11 is 0. The smallest absolute Gasteiger partial charge is 0.321 e. The molecule has 1 aromatic rings. The van der Waals surface area contributed by atoms with Crippen LogP contribution in [-0.4, -0.2) is 29.7 Å². The molecule has 0 saturated heterocycles. The molecular weight excluding hydrogens is 240 g/mol. The number of carboxylic acids is 1. The largest absolute Gasteiger partial charge is 0.480 e. The van der Waals surface area contributed by atoms with Gasteiger partial charge in [-0.05, 0) is 24.3 Å². The highest BCUT2D eigenvalue weighted by Crippen LogP contribution is 2.05. The van der Waals surface area contributed by atoms with Gasteiger partial charge in [0.1, 0.15) is 6.04 Å². The number of carboxylic acid groups (broad SMARTS) is 1. The van der Waals surface area contributed by atoms with E-state index in [-0.39, 0.29) is 6.04 Å². The fourth-order valence-electron chi connectivity index (χ4n) is 2.08. The normalized spacial score (nSPS) is 14.3. The number of nitrogens with one attached hydrogen (secondary N) is 1. The van der Waals surface area contributed by atoms with E-state index in [1.165, 1.54) is 0 Å². The summed E-state index contributed by atoms with van der Waals surface area (Å²) in [4.78, 5) is 11.2. The standard InChI is InChI=1S/C15H24N2O2/c1-11(2)8-13(16)10-17-14(15(18)19)9-12-6-4-3-5-7-12/h3-7,11,13-14,17H,8-10,16H2,1-2H3,(H,18,19)/t13-,14-/m0/s1. The van der Waals surface area contributed by atoms with Crippen molar-refractivity contribution in [2.45, 2.75) is 38.8 Å². The molecular formula is C15H24N2O2. The van der Waals surface area contributed by atoms with Gasteiger partial charge in [0.05, 0.1) is 0 Å². The van der Waals surface area contributed by atoms with Crippen LogP contribution in [0.3, 0.4) is 0 Å². The van der Waals surface area contributed by atoms with Crippen LogP contribution in [0.2, 0.25) is 0 Å². The van der Waals surface area contributed by atoms with Gasteiger partial charge >= 0.3 is 5.97 Å². The number of rotatable bonds is 8. The van der Waals surface area contributed by atoms with Gasteiger partial charge in [0.25, 0.3) is 0 Å². The van der Waals surface area contributed by atoms with Gasteiger partial charge in [0, 0.05) is 12.6 Å². The van der Waals surface area contributed by atoms with E-state index in [9.17, 15) is 9.90 Å². The van der Waals surface area contributed by atoms with Gasteiger partial charge in [-0.25, -0.2) is 0 Å². The fourth-order valence-corrected chi connectivity index (χ4v) is 2.08. The Kier molecular flexibility index (Phi) is 6.53. The highest BCUT2D eigenvalue weighted by Gasteiger charge is 2.18. The summed E-state index contributed by atoms with van der Waals surface area (Å²) in [5, 5.41) is 12.3. The van der Waals surface area contributed by atoms with E-state index in [1.54, 1.807) is 0 Å². The van der Waals surface area contributed by atoms with E-state index in [2.05, 4.69) is 19.2 Å². The van der Waals surface area contributed by atoms with Crippen LogP contribution in [0.25, 0.3) is 0 Å². The Morgan fingerprint density at radius 3 is 2.47 bits per heavy atom. The van der Waals surface area contributed by atoms with Crippen molar-refractivity contribution in [1.82, 2.24) is 5.32 Å². The highest BCUT2D eigenvalue weighted by molar-refractivity contribution is 5.73. The first-order valence-electron chi connectivity index (χ1n) is 6.74. The van der Waals surface area contributed by atoms with Crippen LogP contribution >= 0.6 is 0 Å². The Labute approximate surface area is 115 Å². The second-order valence-electron chi connectivity index (χ2n) is 5.38. The first-order chi connectivity index (χ1) is 8.99. The molecule has 0 radical (unpaired) electrons. The summed E-state index contributed by atoms with van der Waals surface area (Å²) in [7, 11) is 0. The molecule has 0 saturated carbocycles. The van der Waals surface area contributed by atoms with Crippen molar-refractivity contribution in [2.24, 2.45) is 11.7 Å². The van der Waals surface area contributed by atoms with Gasteiger partial charge in [-0.15, -0.1) is 0 Å². The SMILES string of the molecule is CC(C)C[C@H](N)CN[C@@H](Cc1ccccc1)C(=O)O. The molecule has 1 aromatic carbocycles. The van der Waals surface area contributed by atoms with E-state index in [0.29, 0.717) is 18.9 Å². The van der Waals surface area contributed by atoms with E-state index in [1.807, 2.05) is 30.3 Å². The summed E-state index contributed by atoms with van der Waals surface area (Å²) in [6, 6.07) is 9.04. The van der Waals surface area contributed by atoms with E-state index in [4.69, 9.17) is 5.73 Å². The minimum atomic E-state index is -0.833. The van der Waals surface area contributed by atoms with Crippen molar-refractivity contribution in [3.05, 3.63) is 35.9 Å². The number of nitrogens with two attached hydrogens (primary N) is 1. The number of hydrogen-bond donors (Lipinski definition) is 3. The lowest BCUT2D eigenvalue weighted by molar-refractivity contribution is -0.139. The van der Waals surface area contributed by atoms with Gasteiger partial charge in [-0.2, -0.15) is 0 Å². The summed E-state index contributed by atoms with van der Waals surface area (Å²) in [5.41, 5.74) is 6.97. The van der Waals surface area contributed by atoms with Crippen molar-refractivity contribution >= 4 is 5.97 Å². The predicted octanol–water partition coefficient (Wildman–Crippen LogP) is 1.65. The molecule has 0 amide bonds. The third-order valence-electron chi connectivity index (χ3n) is 2.98. The number of carbonyl (C=O) groups is 1. The lowest BCUT2D eigenvalue weighted by Crippen LogP contribution is -2.45. The molecule has 0 fully saturated rings. The topological polar surface area (TPSA) is 75.3 Å². The summed E-state index contributed by atoms with van der Waals surface area (Å²) in [6.45, 7) is 4.75. The van der Waals surface area contributed by atoms with Crippen LogP contribution in [0.1, 0.15) is 25.8 Å². The predicted molar refractivity (Wildman–Crippen MR) is 77.0 cm³/mol. The fraction of sp³-hybridized carbons (Fsp3) is 0.533. The monoisotopic (exact) mass is 264 g/mol. The molecule has 0 aliphatic carbocycles. The molecule has 2 atom stereocenters. The first kappa shape index (κ1) is 15.7. The molecule has 106 valence electrons. The number of hydrogen-bond acceptors (Lipinski definition) is 3. The zero-order valence-corrected chi connectivity index (χ0v) is 11.7. The van der Waals surface area contributed by atoms with Gasteiger partial charge in [-0.1, -0.05) is 44.2 Å². The third-order valence-corrected chi connectivity index (χ3v) is 2.98. The second kappa shape index (κ2) is 7.92. The molecule has 0 aliphatic rings. The van der Waals surface area contributed by atoms with Gasteiger partial charge < -0.3 is 16.2 Å². The quantitative estimate of drug-likeness (QED) is 0.667. The lowest BCUT2D eigenvalue weighted by atomic mass is 10.0. The molecule has 4 heteroatoms. The van der Waals surface area contributed by atoms with Crippen LogP contribution in [0.5, 0.6) is 0 Å². The average Bonchev–Trinajstić information content (AvgIpc) is 2.34. The van der Waals surface area contributed by atoms with Crippen molar-refractivity contribution < 1.29 is 9.90 Å². The minimum absolute atomic E-state index is 0.00220. The zero-order valence-electron chi connectivity index (χ0n) is 11.7. The molecule has 1 rings (SSSR count). The highest BCUT2D eigenvalue weighted by atomic mass is 16.4. The van der Waals surface area contributed by atoms with Gasteiger partial charge in [0.2, 0.25) is 0 Å². The molecule has 0 spiro atoms. The molecule has 0 aromatic heterocycles. The lowest BCUT2D eigenvalue weighted by Gasteiger charge is -2.19. The first-order valence-corrected chi connectivity index (χ1v) is 6.74. The summed E-state index contributed by atoms with van der Waals surface area (Å²) in [5.74, 6) is -0.310. The Bertz CT molecular complexity index is 379. The molecule has 0 heterocycles. The number of benzene rings is 1. The maximum Gasteiger partial charge on any atom is 0.321 e. The molecule has 4 nitrogen and oxygen atoms in total. The van der Waals surface area contributed by atoms with Gasteiger partial charge in [-0.3, -0.25) is 4.79 Å². The second-order valence-corrected chi connectivity index (χ2v) is 5.38. The van der Waals surface area contributed by atoms with Crippen LogP contribution in [0.15, 0.2) is 30.3 Å². The van der Waals surface area contributed by atoms with Crippen molar-refractivity contribution in [3.63, 3.8) is 0 Å². The van der Waals surface area contributed by atoms with Crippen LogP contribution in [0, 0.1) is 5.92 Å². The van der Waals surface area contributed by atoms with E-state index in [0.717, 1.165) is 12.0 Å². The molecule has 19 heavy (non-hydrogen) atoms. The van der Waals surface area contributed by atoms with Crippen molar-refractivity contribution in [2.75, 3.05) is 6.54 Å². The van der Waals surface area contributed by atoms with Crippen LogP contribution in [-0.2, 0) is 11.2 Å². The third kappa shape index (κ3) is 6.36. The van der Waals surface area contributed by atoms with Crippen LogP contribution in [0.4, 0.5) is 0 Å². The maximum atomic E-state index is 11.2. The Balaban J connectivity index is 2.48. The summed E-state index contributed by atoms with van der Waals surface area (Å²) in [6.07, 6.45) is 1.37. The van der Waals surface area contributed by atoms with E-state index >= 15 is 0 Å². The minimum Gasteiger partial charge on any atom is -0.480 e. The maximum absolute atomic E-state index is 11.2. The molecule has 4 N–H and O–H groups in total. The Morgan fingerprint density at radius 2 is 1.95 bits per heavy atom. The number of aliphatic carboxylic acids is 1. The molecule has 0 aliphatic heterocycles. The summed E-state index contributed by atoms with van der Waals surface area (Å²) < 4.78 is 0. The molecule has 0 unspecified atom stereocenters. The zero-order chi connectivity index (χ0) is 14.3. The van der Waals surface area contributed by atoms with Gasteiger partial charge in [0.15, 0.2) is 0 Å². The van der Waals surface area contributed by atoms with Crippen LogP contribution < -0.4 is 11.1 Å². The average molecular weight is 264 g/mol. The van der Waals surface area contributed by atoms with Crippen molar-refractivity contribution in [1.29, 1.82) is 0 Å². The Morgan fingerprint density at radius 1 is 1.32 bits per heavy atom. The Hall–Kier alpha value is -1.39. The van der Waals surface area contributed by atoms with Crippen molar-refractivity contribution in [3.8, 4) is 0 Å².